The number of anilines is 1. The van der Waals surface area contributed by atoms with E-state index in [1.54, 1.807) is 4.90 Å². The highest BCUT2D eigenvalue weighted by atomic mass is 16.2. The molecule has 1 aliphatic heterocycles. The van der Waals surface area contributed by atoms with Crippen molar-refractivity contribution in [2.45, 2.75) is 40.2 Å². The number of nitrogens with one attached hydrogen (secondary N) is 1. The quantitative estimate of drug-likeness (QED) is 0.928. The maximum Gasteiger partial charge on any atom is 0.251 e. The largest absolute Gasteiger partial charge is 0.348 e. The second kappa shape index (κ2) is 7.09. The number of hydrogen-bond acceptors (Lipinski definition) is 2. The van der Waals surface area contributed by atoms with Crippen LogP contribution in [0.2, 0.25) is 0 Å². The van der Waals surface area contributed by atoms with Gasteiger partial charge in [0.25, 0.3) is 5.91 Å². The van der Waals surface area contributed by atoms with Crippen LogP contribution in [-0.4, -0.2) is 18.4 Å². The predicted molar refractivity (Wildman–Crippen MR) is 99.9 cm³/mol. The van der Waals surface area contributed by atoms with Crippen molar-refractivity contribution in [3.63, 3.8) is 0 Å². The van der Waals surface area contributed by atoms with Gasteiger partial charge in [-0.15, -0.1) is 0 Å². The third kappa shape index (κ3) is 3.43. The summed E-state index contributed by atoms with van der Waals surface area (Å²) in [6.07, 6.45) is 1.20. The van der Waals surface area contributed by atoms with Crippen molar-refractivity contribution in [2.75, 3.05) is 11.4 Å². The van der Waals surface area contributed by atoms with Crippen LogP contribution < -0.4 is 10.2 Å². The second-order valence-electron chi connectivity index (χ2n) is 6.56. The first-order valence-corrected chi connectivity index (χ1v) is 8.78. The van der Waals surface area contributed by atoms with E-state index in [0.717, 1.165) is 23.2 Å². The molecular weight excluding hydrogens is 312 g/mol. The minimum absolute atomic E-state index is 0.0800. The molecule has 0 fully saturated rings. The summed E-state index contributed by atoms with van der Waals surface area (Å²) in [5.41, 5.74) is 6.01. The average Bonchev–Trinajstić information content (AvgIpc) is 3.05. The van der Waals surface area contributed by atoms with Crippen molar-refractivity contribution in [3.05, 3.63) is 64.2 Å². The number of amides is 2. The molecule has 2 aromatic carbocycles. The minimum Gasteiger partial charge on any atom is -0.348 e. The molecule has 0 unspecified atom stereocenters. The van der Waals surface area contributed by atoms with E-state index in [9.17, 15) is 9.59 Å². The van der Waals surface area contributed by atoms with E-state index in [4.69, 9.17) is 0 Å². The van der Waals surface area contributed by atoms with Crippen molar-refractivity contribution >= 4 is 17.5 Å². The van der Waals surface area contributed by atoms with Crippen molar-refractivity contribution < 1.29 is 9.59 Å². The number of rotatable bonds is 4. The van der Waals surface area contributed by atoms with Crippen molar-refractivity contribution in [1.82, 2.24) is 5.32 Å². The Hall–Kier alpha value is -2.62. The summed E-state index contributed by atoms with van der Waals surface area (Å²) in [5, 5.41) is 3.03. The molecule has 2 aromatic rings. The molecule has 0 saturated carbocycles. The smallest absolute Gasteiger partial charge is 0.251 e. The molecule has 1 aliphatic rings. The van der Waals surface area contributed by atoms with E-state index in [1.807, 2.05) is 32.0 Å². The topological polar surface area (TPSA) is 49.4 Å². The van der Waals surface area contributed by atoms with E-state index >= 15 is 0 Å². The predicted octanol–water partition coefficient (Wildman–Crippen LogP) is 3.53. The zero-order valence-corrected chi connectivity index (χ0v) is 15.1. The van der Waals surface area contributed by atoms with Gasteiger partial charge in [-0.3, -0.25) is 9.59 Å². The molecule has 3 rings (SSSR count). The molecule has 130 valence electrons. The highest BCUT2D eigenvalue weighted by molar-refractivity contribution is 6.01. The molecule has 25 heavy (non-hydrogen) atoms. The lowest BCUT2D eigenvalue weighted by Gasteiger charge is -2.17. The molecule has 4 nitrogen and oxygen atoms in total. The summed E-state index contributed by atoms with van der Waals surface area (Å²) < 4.78 is 0. The lowest BCUT2D eigenvalue weighted by Crippen LogP contribution is -2.27. The highest BCUT2D eigenvalue weighted by Gasteiger charge is 2.27. The van der Waals surface area contributed by atoms with Crippen LogP contribution in [0.5, 0.6) is 0 Å². The van der Waals surface area contributed by atoms with Gasteiger partial charge < -0.3 is 10.2 Å². The van der Waals surface area contributed by atoms with Gasteiger partial charge >= 0.3 is 0 Å². The first kappa shape index (κ1) is 17.2. The van der Waals surface area contributed by atoms with Gasteiger partial charge in [-0.05, 0) is 49.1 Å². The van der Waals surface area contributed by atoms with Crippen LogP contribution in [0.25, 0.3) is 0 Å². The fourth-order valence-corrected chi connectivity index (χ4v) is 3.36. The Bertz CT molecular complexity index is 827. The van der Waals surface area contributed by atoms with Gasteiger partial charge in [0.1, 0.15) is 0 Å². The average molecular weight is 336 g/mol. The van der Waals surface area contributed by atoms with E-state index in [-0.39, 0.29) is 11.8 Å². The summed E-state index contributed by atoms with van der Waals surface area (Å²) in [6, 6.07) is 11.9. The molecule has 1 heterocycles. The summed E-state index contributed by atoms with van der Waals surface area (Å²) in [4.78, 5) is 26.6. The van der Waals surface area contributed by atoms with Crippen LogP contribution in [0.1, 0.15) is 46.0 Å². The number of fused-ring (bicyclic) bond motifs is 1. The van der Waals surface area contributed by atoms with E-state index in [1.165, 1.54) is 11.1 Å². The third-order valence-electron chi connectivity index (χ3n) is 4.82. The van der Waals surface area contributed by atoms with E-state index in [2.05, 4.69) is 30.4 Å². The van der Waals surface area contributed by atoms with Gasteiger partial charge in [0.05, 0.1) is 0 Å². The number of aryl methyl sites for hydroxylation is 2. The highest BCUT2D eigenvalue weighted by Crippen LogP contribution is 2.31. The van der Waals surface area contributed by atoms with Crippen LogP contribution in [0, 0.1) is 13.8 Å². The Morgan fingerprint density at radius 2 is 1.96 bits per heavy atom. The van der Waals surface area contributed by atoms with Crippen molar-refractivity contribution in [3.8, 4) is 0 Å². The van der Waals surface area contributed by atoms with Crippen LogP contribution in [0.3, 0.4) is 0 Å². The third-order valence-corrected chi connectivity index (χ3v) is 4.82. The molecule has 0 spiro atoms. The molecule has 0 saturated heterocycles. The standard InChI is InChI=1S/C21H24N2O2/c1-4-20(24)23-11-10-17-18(6-5-7-19(17)23)21(25)22-13-16-12-14(2)8-9-15(16)3/h5-9,12H,4,10-11,13H2,1-3H3,(H,22,25). The van der Waals surface area contributed by atoms with Gasteiger partial charge in [-0.25, -0.2) is 0 Å². The van der Waals surface area contributed by atoms with E-state index in [0.29, 0.717) is 25.1 Å². The molecule has 0 atom stereocenters. The molecule has 2 amide bonds. The van der Waals surface area contributed by atoms with Gasteiger partial charge in [-0.2, -0.15) is 0 Å². The first-order chi connectivity index (χ1) is 12.0. The summed E-state index contributed by atoms with van der Waals surface area (Å²) >= 11 is 0. The summed E-state index contributed by atoms with van der Waals surface area (Å²) in [5.74, 6) is 0.0234. The molecular formula is C21H24N2O2. The Morgan fingerprint density at radius 3 is 2.72 bits per heavy atom. The number of carbonyl (C=O) groups excluding carboxylic acids is 2. The number of nitrogens with zero attached hydrogens (tertiary/aromatic N) is 1. The van der Waals surface area contributed by atoms with Crippen molar-refractivity contribution in [2.24, 2.45) is 0 Å². The minimum atomic E-state index is -0.0800. The molecule has 4 heteroatoms. The SMILES string of the molecule is CCC(=O)N1CCc2c(C(=O)NCc3cc(C)ccc3C)cccc21. The normalized spacial score (nSPS) is 12.8. The van der Waals surface area contributed by atoms with Crippen molar-refractivity contribution in [1.29, 1.82) is 0 Å². The molecule has 0 aromatic heterocycles. The second-order valence-corrected chi connectivity index (χ2v) is 6.56. The zero-order chi connectivity index (χ0) is 18.0. The monoisotopic (exact) mass is 336 g/mol. The van der Waals surface area contributed by atoms with Crippen LogP contribution in [-0.2, 0) is 17.8 Å². The number of carbonyl (C=O) groups is 2. The van der Waals surface area contributed by atoms with Gasteiger partial charge in [0.15, 0.2) is 0 Å². The first-order valence-electron chi connectivity index (χ1n) is 8.78. The maximum absolute atomic E-state index is 12.7. The lowest BCUT2D eigenvalue weighted by molar-refractivity contribution is -0.118. The number of benzene rings is 2. The molecule has 0 radical (unpaired) electrons. The number of hydrogen-bond donors (Lipinski definition) is 1. The maximum atomic E-state index is 12.7. The van der Waals surface area contributed by atoms with Gasteiger partial charge in [0.2, 0.25) is 5.91 Å². The fourth-order valence-electron chi connectivity index (χ4n) is 3.36. The van der Waals surface area contributed by atoms with Crippen LogP contribution in [0.15, 0.2) is 36.4 Å². The Morgan fingerprint density at radius 1 is 1.16 bits per heavy atom. The lowest BCUT2D eigenvalue weighted by atomic mass is 10.0. The Labute approximate surface area is 148 Å². The Kier molecular flexibility index (Phi) is 4.88. The Balaban J connectivity index is 1.79. The van der Waals surface area contributed by atoms with Crippen LogP contribution >= 0.6 is 0 Å². The molecule has 1 N–H and O–H groups in total. The van der Waals surface area contributed by atoms with Crippen LogP contribution in [0.4, 0.5) is 5.69 Å². The molecule has 0 bridgehead atoms. The van der Waals surface area contributed by atoms with Gasteiger partial charge in [0, 0.05) is 30.8 Å². The summed E-state index contributed by atoms with van der Waals surface area (Å²) in [7, 11) is 0. The fraction of sp³-hybridized carbons (Fsp3) is 0.333. The molecule has 0 aliphatic carbocycles. The zero-order valence-electron chi connectivity index (χ0n) is 15.1. The summed E-state index contributed by atoms with van der Waals surface area (Å²) in [6.45, 7) is 7.13. The van der Waals surface area contributed by atoms with Gasteiger partial charge in [-0.1, -0.05) is 36.8 Å². The van der Waals surface area contributed by atoms with E-state index < -0.39 is 0 Å².